The number of aromatic carboxylic acids is 1. The molecule has 2 rings (SSSR count). The molecule has 0 aromatic heterocycles. The summed E-state index contributed by atoms with van der Waals surface area (Å²) in [5, 5.41) is 8.94. The van der Waals surface area contributed by atoms with Crippen molar-refractivity contribution in [3.05, 3.63) is 29.8 Å². The first kappa shape index (κ1) is 15.8. The van der Waals surface area contributed by atoms with Crippen LogP contribution < -0.4 is 4.74 Å². The molecule has 0 spiro atoms. The molecule has 4 heteroatoms. The molecule has 1 fully saturated rings. The van der Waals surface area contributed by atoms with Gasteiger partial charge in [0.1, 0.15) is 5.75 Å². The smallest absolute Gasteiger partial charge is 0.335 e. The first-order chi connectivity index (χ1) is 9.96. The molecule has 0 unspecified atom stereocenters. The van der Waals surface area contributed by atoms with Crippen LogP contribution in [0.1, 0.15) is 43.5 Å². The van der Waals surface area contributed by atoms with Gasteiger partial charge in [-0.05, 0) is 49.4 Å². The van der Waals surface area contributed by atoms with E-state index in [1.165, 1.54) is 19.4 Å². The molecule has 1 aromatic carbocycles. The molecule has 1 N–H and O–H groups in total. The highest BCUT2D eigenvalue weighted by Crippen LogP contribution is 2.28. The van der Waals surface area contributed by atoms with E-state index >= 15 is 0 Å². The summed E-state index contributed by atoms with van der Waals surface area (Å²) >= 11 is 0. The van der Waals surface area contributed by atoms with Crippen molar-refractivity contribution in [3.63, 3.8) is 0 Å². The summed E-state index contributed by atoms with van der Waals surface area (Å²) in [6.45, 7) is 8.65. The maximum absolute atomic E-state index is 10.9. The van der Waals surface area contributed by atoms with Crippen LogP contribution in [0, 0.1) is 5.41 Å². The van der Waals surface area contributed by atoms with Crippen molar-refractivity contribution in [2.45, 2.75) is 33.1 Å². The average Bonchev–Trinajstić information content (AvgIpc) is 2.43. The van der Waals surface area contributed by atoms with Crippen molar-refractivity contribution in [1.29, 1.82) is 0 Å². The minimum absolute atomic E-state index is 0.269. The molecule has 1 saturated heterocycles. The van der Waals surface area contributed by atoms with Gasteiger partial charge in [0, 0.05) is 13.1 Å². The Morgan fingerprint density at radius 1 is 1.43 bits per heavy atom. The lowest BCUT2D eigenvalue weighted by Gasteiger charge is -2.38. The normalized spacial score (nSPS) is 18.4. The van der Waals surface area contributed by atoms with E-state index in [1.807, 2.05) is 0 Å². The lowest BCUT2D eigenvalue weighted by molar-refractivity contribution is 0.0696. The predicted molar refractivity (Wildman–Crippen MR) is 83.0 cm³/mol. The second-order valence-electron chi connectivity index (χ2n) is 6.58. The SMILES string of the molecule is CC1(C)CCCN(CCCOc2cccc(C(=O)O)c2)C1. The maximum atomic E-state index is 10.9. The molecule has 0 radical (unpaired) electrons. The average molecular weight is 291 g/mol. The number of carboxylic acid groups (broad SMARTS) is 1. The van der Waals surface area contributed by atoms with Crippen molar-refractivity contribution < 1.29 is 14.6 Å². The highest BCUT2D eigenvalue weighted by Gasteiger charge is 2.25. The number of piperidine rings is 1. The maximum Gasteiger partial charge on any atom is 0.335 e. The number of rotatable bonds is 6. The van der Waals surface area contributed by atoms with Gasteiger partial charge >= 0.3 is 5.97 Å². The fraction of sp³-hybridized carbons (Fsp3) is 0.588. The number of carboxylic acids is 1. The molecule has 1 aromatic rings. The lowest BCUT2D eigenvalue weighted by Crippen LogP contribution is -2.40. The molecule has 0 bridgehead atoms. The van der Waals surface area contributed by atoms with Crippen LogP contribution in [0.5, 0.6) is 5.75 Å². The molecule has 0 amide bonds. The molecular weight excluding hydrogens is 266 g/mol. The minimum Gasteiger partial charge on any atom is -0.494 e. The Morgan fingerprint density at radius 2 is 2.24 bits per heavy atom. The van der Waals surface area contributed by atoms with E-state index in [0.29, 0.717) is 17.8 Å². The third-order valence-corrected chi connectivity index (χ3v) is 3.95. The van der Waals surface area contributed by atoms with Crippen LogP contribution in [-0.2, 0) is 0 Å². The molecule has 0 saturated carbocycles. The van der Waals surface area contributed by atoms with E-state index in [4.69, 9.17) is 9.84 Å². The summed E-state index contributed by atoms with van der Waals surface area (Å²) < 4.78 is 5.65. The van der Waals surface area contributed by atoms with E-state index in [0.717, 1.165) is 19.5 Å². The molecule has 1 heterocycles. The highest BCUT2D eigenvalue weighted by atomic mass is 16.5. The first-order valence-corrected chi connectivity index (χ1v) is 7.65. The van der Waals surface area contributed by atoms with E-state index in [-0.39, 0.29) is 5.56 Å². The van der Waals surface area contributed by atoms with Crippen LogP contribution in [0.2, 0.25) is 0 Å². The van der Waals surface area contributed by atoms with Crippen molar-refractivity contribution in [2.24, 2.45) is 5.41 Å². The number of likely N-dealkylation sites (tertiary alicyclic amines) is 1. The zero-order valence-corrected chi connectivity index (χ0v) is 13.0. The van der Waals surface area contributed by atoms with Gasteiger partial charge < -0.3 is 14.7 Å². The van der Waals surface area contributed by atoms with Crippen LogP contribution in [0.3, 0.4) is 0 Å². The summed E-state index contributed by atoms with van der Waals surface area (Å²) in [6.07, 6.45) is 3.55. The number of nitrogens with zero attached hydrogens (tertiary/aromatic N) is 1. The standard InChI is InChI=1S/C17H25NO3/c1-17(2)8-4-9-18(13-17)10-5-11-21-15-7-3-6-14(12-15)16(19)20/h3,6-7,12H,4-5,8-11,13H2,1-2H3,(H,19,20). The fourth-order valence-electron chi connectivity index (χ4n) is 2.93. The summed E-state index contributed by atoms with van der Waals surface area (Å²) in [7, 11) is 0. The van der Waals surface area contributed by atoms with Gasteiger partial charge in [0.2, 0.25) is 0 Å². The van der Waals surface area contributed by atoms with Gasteiger partial charge in [-0.2, -0.15) is 0 Å². The van der Waals surface area contributed by atoms with Crippen molar-refractivity contribution in [1.82, 2.24) is 4.90 Å². The number of benzene rings is 1. The largest absolute Gasteiger partial charge is 0.494 e. The van der Waals surface area contributed by atoms with Crippen LogP contribution in [-0.4, -0.2) is 42.2 Å². The van der Waals surface area contributed by atoms with Crippen LogP contribution >= 0.6 is 0 Å². The van der Waals surface area contributed by atoms with E-state index in [1.54, 1.807) is 24.3 Å². The zero-order valence-electron chi connectivity index (χ0n) is 13.0. The monoisotopic (exact) mass is 291 g/mol. The lowest BCUT2D eigenvalue weighted by atomic mass is 9.84. The molecule has 4 nitrogen and oxygen atoms in total. The van der Waals surface area contributed by atoms with Gasteiger partial charge in [0.25, 0.3) is 0 Å². The van der Waals surface area contributed by atoms with E-state index in [9.17, 15) is 4.79 Å². The Bertz CT molecular complexity index is 485. The van der Waals surface area contributed by atoms with Crippen LogP contribution in [0.25, 0.3) is 0 Å². The topological polar surface area (TPSA) is 49.8 Å². The minimum atomic E-state index is -0.920. The Labute approximate surface area is 126 Å². The van der Waals surface area contributed by atoms with E-state index in [2.05, 4.69) is 18.7 Å². The van der Waals surface area contributed by atoms with Gasteiger partial charge in [0.15, 0.2) is 0 Å². The Hall–Kier alpha value is -1.55. The number of carbonyl (C=O) groups is 1. The molecule has 0 aliphatic carbocycles. The molecular formula is C17H25NO3. The van der Waals surface area contributed by atoms with E-state index < -0.39 is 5.97 Å². The Kier molecular flexibility index (Phi) is 5.23. The summed E-state index contributed by atoms with van der Waals surface area (Å²) in [5.74, 6) is -0.287. The van der Waals surface area contributed by atoms with Gasteiger partial charge in [0.05, 0.1) is 12.2 Å². The second kappa shape index (κ2) is 6.94. The van der Waals surface area contributed by atoms with Crippen molar-refractivity contribution in [3.8, 4) is 5.75 Å². The van der Waals surface area contributed by atoms with Gasteiger partial charge in [-0.3, -0.25) is 0 Å². The fourth-order valence-corrected chi connectivity index (χ4v) is 2.93. The third kappa shape index (κ3) is 5.05. The Balaban J connectivity index is 1.72. The second-order valence-corrected chi connectivity index (χ2v) is 6.58. The van der Waals surface area contributed by atoms with Crippen molar-refractivity contribution in [2.75, 3.05) is 26.2 Å². The van der Waals surface area contributed by atoms with Gasteiger partial charge in [-0.25, -0.2) is 4.79 Å². The molecule has 21 heavy (non-hydrogen) atoms. The number of hydrogen-bond donors (Lipinski definition) is 1. The van der Waals surface area contributed by atoms with Crippen molar-refractivity contribution >= 4 is 5.97 Å². The predicted octanol–water partition coefficient (Wildman–Crippen LogP) is 3.28. The molecule has 1 aliphatic heterocycles. The number of ether oxygens (including phenoxy) is 1. The number of hydrogen-bond acceptors (Lipinski definition) is 3. The summed E-state index contributed by atoms with van der Waals surface area (Å²) in [5.41, 5.74) is 0.694. The zero-order chi connectivity index (χ0) is 15.3. The van der Waals surface area contributed by atoms with Gasteiger partial charge in [-0.1, -0.05) is 19.9 Å². The Morgan fingerprint density at radius 3 is 2.95 bits per heavy atom. The molecule has 0 atom stereocenters. The van der Waals surface area contributed by atoms with Crippen LogP contribution in [0.15, 0.2) is 24.3 Å². The summed E-state index contributed by atoms with van der Waals surface area (Å²) in [6, 6.07) is 6.67. The molecule has 1 aliphatic rings. The van der Waals surface area contributed by atoms with Crippen LogP contribution in [0.4, 0.5) is 0 Å². The van der Waals surface area contributed by atoms with Gasteiger partial charge in [-0.15, -0.1) is 0 Å². The summed E-state index contributed by atoms with van der Waals surface area (Å²) in [4.78, 5) is 13.4. The third-order valence-electron chi connectivity index (χ3n) is 3.95. The quantitative estimate of drug-likeness (QED) is 0.817. The highest BCUT2D eigenvalue weighted by molar-refractivity contribution is 5.87. The molecule has 116 valence electrons. The first-order valence-electron chi connectivity index (χ1n) is 7.65.